The summed E-state index contributed by atoms with van der Waals surface area (Å²) >= 11 is 0. The van der Waals surface area contributed by atoms with Crippen molar-refractivity contribution in [3.63, 3.8) is 0 Å². The highest BCUT2D eigenvalue weighted by atomic mass is 28.4. The van der Waals surface area contributed by atoms with E-state index < -0.39 is 8.32 Å². The standard InChI is InChI=1S/C21H35NO3Si/c1-8-9-10-11-12-13-19(22-16-17-24-20(22)23)15-14-18(2)25-26(6,7)21(3,4)5/h8,13-15H,1-2,9-12,16-17H2,3-7H3/b15-14+,19-13-. The predicted molar refractivity (Wildman–Crippen MR) is 111 cm³/mol. The van der Waals surface area contributed by atoms with E-state index in [0.29, 0.717) is 18.9 Å². The van der Waals surface area contributed by atoms with Crippen molar-refractivity contribution in [2.75, 3.05) is 13.2 Å². The Morgan fingerprint density at radius 1 is 1.27 bits per heavy atom. The fraction of sp³-hybridized carbons (Fsp3) is 0.571. The molecule has 1 saturated heterocycles. The lowest BCUT2D eigenvalue weighted by molar-refractivity contribution is 0.165. The van der Waals surface area contributed by atoms with Crippen LogP contribution in [0.3, 0.4) is 0 Å². The highest BCUT2D eigenvalue weighted by Gasteiger charge is 2.38. The van der Waals surface area contributed by atoms with Gasteiger partial charge >= 0.3 is 6.09 Å². The summed E-state index contributed by atoms with van der Waals surface area (Å²) in [6.45, 7) is 19.8. The van der Waals surface area contributed by atoms with Gasteiger partial charge in [0.1, 0.15) is 6.61 Å². The second-order valence-corrected chi connectivity index (χ2v) is 12.9. The van der Waals surface area contributed by atoms with E-state index in [0.717, 1.165) is 31.4 Å². The topological polar surface area (TPSA) is 38.8 Å². The van der Waals surface area contributed by atoms with E-state index in [-0.39, 0.29) is 11.1 Å². The zero-order valence-corrected chi connectivity index (χ0v) is 18.1. The first-order valence-electron chi connectivity index (χ1n) is 9.40. The minimum Gasteiger partial charge on any atom is -0.544 e. The van der Waals surface area contributed by atoms with Crippen LogP contribution in [-0.2, 0) is 9.16 Å². The average Bonchev–Trinajstić information content (AvgIpc) is 2.94. The minimum absolute atomic E-state index is 0.117. The Hall–Kier alpha value is -1.75. The van der Waals surface area contributed by atoms with Gasteiger partial charge in [0.05, 0.1) is 12.3 Å². The molecule has 0 unspecified atom stereocenters. The lowest BCUT2D eigenvalue weighted by Gasteiger charge is -2.36. The molecule has 1 heterocycles. The molecule has 1 fully saturated rings. The second-order valence-electron chi connectivity index (χ2n) is 8.13. The lowest BCUT2D eigenvalue weighted by Crippen LogP contribution is -2.40. The number of carbonyl (C=O) groups is 1. The number of unbranched alkanes of at least 4 members (excludes halogenated alkanes) is 3. The minimum atomic E-state index is -1.91. The normalized spacial score (nSPS) is 16.1. The predicted octanol–water partition coefficient (Wildman–Crippen LogP) is 6.16. The van der Waals surface area contributed by atoms with E-state index in [1.54, 1.807) is 4.90 Å². The highest BCUT2D eigenvalue weighted by Crippen LogP contribution is 2.37. The van der Waals surface area contributed by atoms with Gasteiger partial charge in [-0.25, -0.2) is 4.79 Å². The third-order valence-corrected chi connectivity index (χ3v) is 9.31. The van der Waals surface area contributed by atoms with Crippen LogP contribution in [0.1, 0.15) is 46.5 Å². The maximum atomic E-state index is 11.9. The first-order chi connectivity index (χ1) is 12.1. The monoisotopic (exact) mass is 377 g/mol. The summed E-state index contributed by atoms with van der Waals surface area (Å²) in [5.74, 6) is 0.640. The molecule has 1 aliphatic rings. The summed E-state index contributed by atoms with van der Waals surface area (Å²) in [5.41, 5.74) is 0.853. The molecule has 0 spiro atoms. The van der Waals surface area contributed by atoms with Gasteiger partial charge in [-0.05, 0) is 56.0 Å². The molecule has 0 aromatic carbocycles. The van der Waals surface area contributed by atoms with Crippen molar-refractivity contribution in [3.8, 4) is 0 Å². The van der Waals surface area contributed by atoms with Crippen molar-refractivity contribution in [3.05, 3.63) is 48.9 Å². The molecule has 26 heavy (non-hydrogen) atoms. The largest absolute Gasteiger partial charge is 0.544 e. The number of ether oxygens (including phenoxy) is 1. The summed E-state index contributed by atoms with van der Waals surface area (Å²) < 4.78 is 11.3. The van der Waals surface area contributed by atoms with E-state index in [4.69, 9.17) is 9.16 Å². The maximum absolute atomic E-state index is 11.9. The van der Waals surface area contributed by atoms with Gasteiger partial charge in [-0.15, -0.1) is 6.58 Å². The average molecular weight is 378 g/mol. The Morgan fingerprint density at radius 2 is 1.92 bits per heavy atom. The Labute approximate surface area is 160 Å². The van der Waals surface area contributed by atoms with Crippen LogP contribution in [0.25, 0.3) is 0 Å². The third-order valence-electron chi connectivity index (χ3n) is 4.92. The van der Waals surface area contributed by atoms with Gasteiger partial charge in [0.2, 0.25) is 8.32 Å². The van der Waals surface area contributed by atoms with Crippen LogP contribution in [-0.4, -0.2) is 32.5 Å². The van der Waals surface area contributed by atoms with Crippen LogP contribution < -0.4 is 0 Å². The van der Waals surface area contributed by atoms with Gasteiger partial charge < -0.3 is 9.16 Å². The number of hydrogen-bond donors (Lipinski definition) is 0. The zero-order chi connectivity index (χ0) is 19.8. The summed E-state index contributed by atoms with van der Waals surface area (Å²) in [7, 11) is -1.91. The fourth-order valence-electron chi connectivity index (χ4n) is 2.27. The quantitative estimate of drug-likeness (QED) is 0.150. The number of rotatable bonds is 10. The Kier molecular flexibility index (Phi) is 8.41. The number of hydrogen-bond acceptors (Lipinski definition) is 3. The number of amides is 1. The van der Waals surface area contributed by atoms with Crippen molar-refractivity contribution in [1.82, 2.24) is 4.90 Å². The van der Waals surface area contributed by atoms with E-state index in [2.05, 4.69) is 53.1 Å². The van der Waals surface area contributed by atoms with E-state index in [1.165, 1.54) is 0 Å². The molecule has 146 valence electrons. The first-order valence-corrected chi connectivity index (χ1v) is 12.3. The molecule has 1 aliphatic heterocycles. The summed E-state index contributed by atoms with van der Waals surface area (Å²) in [4.78, 5) is 13.6. The smallest absolute Gasteiger partial charge is 0.414 e. The van der Waals surface area contributed by atoms with Crippen LogP contribution in [0.2, 0.25) is 18.1 Å². The van der Waals surface area contributed by atoms with Crippen molar-refractivity contribution < 1.29 is 14.0 Å². The van der Waals surface area contributed by atoms with Crippen molar-refractivity contribution in [2.45, 2.75) is 64.6 Å². The van der Waals surface area contributed by atoms with Crippen molar-refractivity contribution in [1.29, 1.82) is 0 Å². The molecular weight excluding hydrogens is 342 g/mol. The SMILES string of the molecule is C=CCCCC/C=C(/C=C/C(=C)O[Si](C)(C)C(C)(C)C)N1CCOC1=O. The van der Waals surface area contributed by atoms with Gasteiger partial charge in [0.15, 0.2) is 0 Å². The van der Waals surface area contributed by atoms with Gasteiger partial charge in [0.25, 0.3) is 0 Å². The van der Waals surface area contributed by atoms with Gasteiger partial charge in [-0.3, -0.25) is 4.90 Å². The van der Waals surface area contributed by atoms with Crippen LogP contribution in [0.15, 0.2) is 48.9 Å². The summed E-state index contributed by atoms with van der Waals surface area (Å²) in [6.07, 6.45) is 11.6. The molecule has 0 aliphatic carbocycles. The molecule has 4 nitrogen and oxygen atoms in total. The molecule has 1 rings (SSSR count). The third kappa shape index (κ3) is 6.87. The van der Waals surface area contributed by atoms with E-state index >= 15 is 0 Å². The van der Waals surface area contributed by atoms with Crippen LogP contribution >= 0.6 is 0 Å². The van der Waals surface area contributed by atoms with Crippen LogP contribution in [0.4, 0.5) is 4.79 Å². The first kappa shape index (κ1) is 22.3. The Bertz CT molecular complexity index is 570. The molecular formula is C21H35NO3Si. The highest BCUT2D eigenvalue weighted by molar-refractivity contribution is 6.74. The van der Waals surface area contributed by atoms with E-state index in [9.17, 15) is 4.79 Å². The molecule has 0 bridgehead atoms. The number of allylic oxidation sites excluding steroid dienone is 4. The summed E-state index contributed by atoms with van der Waals surface area (Å²) in [6, 6.07) is 0. The van der Waals surface area contributed by atoms with E-state index in [1.807, 2.05) is 18.2 Å². The number of nitrogens with zero attached hydrogens (tertiary/aromatic N) is 1. The molecule has 5 heteroatoms. The molecule has 0 radical (unpaired) electrons. The number of cyclic esters (lactones) is 1. The van der Waals surface area contributed by atoms with Gasteiger partial charge in [-0.1, -0.05) is 39.5 Å². The molecule has 0 aromatic rings. The Balaban J connectivity index is 2.79. The maximum Gasteiger partial charge on any atom is 0.414 e. The summed E-state index contributed by atoms with van der Waals surface area (Å²) in [5, 5.41) is 0.117. The van der Waals surface area contributed by atoms with Gasteiger partial charge in [-0.2, -0.15) is 0 Å². The second kappa shape index (κ2) is 9.81. The van der Waals surface area contributed by atoms with Gasteiger partial charge in [0, 0.05) is 5.70 Å². The van der Waals surface area contributed by atoms with Crippen LogP contribution in [0.5, 0.6) is 0 Å². The molecule has 1 amide bonds. The van der Waals surface area contributed by atoms with Crippen molar-refractivity contribution in [2.24, 2.45) is 0 Å². The molecule has 0 saturated carbocycles. The lowest BCUT2D eigenvalue weighted by atomic mass is 10.1. The molecule has 0 aromatic heterocycles. The molecule has 0 N–H and O–H groups in total. The molecule has 0 atom stereocenters. The Morgan fingerprint density at radius 3 is 2.46 bits per heavy atom. The van der Waals surface area contributed by atoms with Crippen molar-refractivity contribution >= 4 is 14.4 Å². The fourth-order valence-corrected chi connectivity index (χ4v) is 3.30. The number of carbonyl (C=O) groups excluding carboxylic acids is 1. The van der Waals surface area contributed by atoms with Crippen LogP contribution in [0, 0.1) is 0 Å². The zero-order valence-electron chi connectivity index (χ0n) is 17.1.